The number of benzene rings is 2. The molecule has 0 spiro atoms. The largest absolute Gasteiger partial charge is 0.416 e. The zero-order valence-electron chi connectivity index (χ0n) is 18.3. The maximum Gasteiger partial charge on any atom is 0.416 e. The first-order chi connectivity index (χ1) is 15.2. The van der Waals surface area contributed by atoms with Crippen LogP contribution < -0.4 is 5.56 Å². The molecule has 0 aliphatic heterocycles. The van der Waals surface area contributed by atoms with Crippen molar-refractivity contribution < 1.29 is 18.0 Å². The standard InChI is InChI=1S/C24H26F3N3O2/c1-4-6-14-30(22(31)16-10-9-11-17(15-16)24(25,26)27)20(5-2)21-28-19-13-8-7-12-18(19)23(32)29(21)3/h7-13,15,20H,4-6,14H2,1-3H3. The molecule has 0 aliphatic carbocycles. The fourth-order valence-electron chi connectivity index (χ4n) is 3.80. The van der Waals surface area contributed by atoms with E-state index in [1.807, 2.05) is 13.8 Å². The smallest absolute Gasteiger partial charge is 0.328 e. The molecule has 5 nitrogen and oxygen atoms in total. The highest BCUT2D eigenvalue weighted by Crippen LogP contribution is 2.31. The van der Waals surface area contributed by atoms with E-state index in [0.717, 1.165) is 18.6 Å². The fourth-order valence-corrected chi connectivity index (χ4v) is 3.80. The average Bonchev–Trinajstić information content (AvgIpc) is 2.78. The van der Waals surface area contributed by atoms with Gasteiger partial charge in [0, 0.05) is 19.2 Å². The van der Waals surface area contributed by atoms with Gasteiger partial charge in [-0.1, -0.05) is 38.5 Å². The van der Waals surface area contributed by atoms with Crippen LogP contribution in [0.5, 0.6) is 0 Å². The van der Waals surface area contributed by atoms with Crippen molar-refractivity contribution >= 4 is 16.8 Å². The molecule has 0 saturated carbocycles. The van der Waals surface area contributed by atoms with E-state index in [9.17, 15) is 22.8 Å². The number of aromatic nitrogens is 2. The summed E-state index contributed by atoms with van der Waals surface area (Å²) in [5.74, 6) is -0.105. The Labute approximate surface area is 184 Å². The van der Waals surface area contributed by atoms with Crippen LogP contribution in [0, 0.1) is 0 Å². The molecule has 170 valence electrons. The topological polar surface area (TPSA) is 55.2 Å². The van der Waals surface area contributed by atoms with Gasteiger partial charge in [0.2, 0.25) is 0 Å². The van der Waals surface area contributed by atoms with Crippen LogP contribution in [0.15, 0.2) is 53.3 Å². The average molecular weight is 445 g/mol. The maximum atomic E-state index is 13.4. The molecule has 3 rings (SSSR count). The van der Waals surface area contributed by atoms with Crippen molar-refractivity contribution in [2.45, 2.75) is 45.3 Å². The first kappa shape index (κ1) is 23.5. The Morgan fingerprint density at radius 3 is 2.50 bits per heavy atom. The number of rotatable bonds is 7. The number of amides is 1. The van der Waals surface area contributed by atoms with Crippen LogP contribution in [0.1, 0.15) is 60.9 Å². The summed E-state index contributed by atoms with van der Waals surface area (Å²) in [5, 5.41) is 0.470. The number of alkyl halides is 3. The summed E-state index contributed by atoms with van der Waals surface area (Å²) in [4.78, 5) is 32.5. The second-order valence-corrected chi connectivity index (χ2v) is 7.71. The van der Waals surface area contributed by atoms with Crippen LogP contribution in [0.25, 0.3) is 10.9 Å². The first-order valence-electron chi connectivity index (χ1n) is 10.6. The van der Waals surface area contributed by atoms with Crippen molar-refractivity contribution in [1.82, 2.24) is 14.5 Å². The Hall–Kier alpha value is -3.16. The molecule has 8 heteroatoms. The number of carbonyl (C=O) groups is 1. The molecule has 1 unspecified atom stereocenters. The summed E-state index contributed by atoms with van der Waals surface area (Å²) in [6.07, 6.45) is -2.62. The number of nitrogens with zero attached hydrogens (tertiary/aromatic N) is 3. The first-order valence-corrected chi connectivity index (χ1v) is 10.6. The lowest BCUT2D eigenvalue weighted by Crippen LogP contribution is -2.39. The van der Waals surface area contributed by atoms with Crippen LogP contribution in [-0.2, 0) is 13.2 Å². The zero-order valence-corrected chi connectivity index (χ0v) is 18.3. The van der Waals surface area contributed by atoms with Crippen molar-refractivity contribution in [1.29, 1.82) is 0 Å². The van der Waals surface area contributed by atoms with E-state index in [1.165, 1.54) is 21.6 Å². The Morgan fingerprint density at radius 1 is 1.12 bits per heavy atom. The molecule has 0 aliphatic rings. The lowest BCUT2D eigenvalue weighted by molar-refractivity contribution is -0.137. The van der Waals surface area contributed by atoms with Crippen molar-refractivity contribution in [2.24, 2.45) is 7.05 Å². The van der Waals surface area contributed by atoms with Gasteiger partial charge < -0.3 is 4.90 Å². The predicted molar refractivity (Wildman–Crippen MR) is 117 cm³/mol. The Bertz CT molecular complexity index is 1170. The number of para-hydroxylation sites is 1. The minimum absolute atomic E-state index is 0.0415. The number of carbonyl (C=O) groups excluding carboxylic acids is 1. The molecule has 3 aromatic rings. The Balaban J connectivity index is 2.10. The van der Waals surface area contributed by atoms with E-state index in [2.05, 4.69) is 4.98 Å². The third-order valence-corrected chi connectivity index (χ3v) is 5.53. The van der Waals surface area contributed by atoms with E-state index in [0.29, 0.717) is 36.1 Å². The third kappa shape index (κ3) is 4.69. The van der Waals surface area contributed by atoms with Crippen LogP contribution in [0.2, 0.25) is 0 Å². The lowest BCUT2D eigenvalue weighted by Gasteiger charge is -2.32. The summed E-state index contributed by atoms with van der Waals surface area (Å²) in [7, 11) is 1.60. The number of fused-ring (bicyclic) bond motifs is 1. The molecule has 1 atom stereocenters. The van der Waals surface area contributed by atoms with Crippen LogP contribution in [0.3, 0.4) is 0 Å². The van der Waals surface area contributed by atoms with Crippen molar-refractivity contribution in [3.8, 4) is 0 Å². The summed E-state index contributed by atoms with van der Waals surface area (Å²) in [5.41, 5.74) is -0.625. The van der Waals surface area contributed by atoms with Gasteiger partial charge in [-0.05, 0) is 43.2 Å². The van der Waals surface area contributed by atoms with Gasteiger partial charge >= 0.3 is 6.18 Å². The van der Waals surface area contributed by atoms with Gasteiger partial charge in [0.15, 0.2) is 0 Å². The van der Waals surface area contributed by atoms with Gasteiger partial charge in [-0.15, -0.1) is 0 Å². The van der Waals surface area contributed by atoms with Crippen molar-refractivity contribution in [2.75, 3.05) is 6.54 Å². The number of unbranched alkanes of at least 4 members (excludes halogenated alkanes) is 1. The summed E-state index contributed by atoms with van der Waals surface area (Å²) < 4.78 is 41.0. The summed E-state index contributed by atoms with van der Waals surface area (Å²) >= 11 is 0. The molecule has 1 amide bonds. The highest BCUT2D eigenvalue weighted by Gasteiger charge is 2.33. The maximum absolute atomic E-state index is 13.4. The van der Waals surface area contributed by atoms with Gasteiger partial charge in [-0.2, -0.15) is 13.2 Å². The molecule has 0 saturated heterocycles. The summed E-state index contributed by atoms with van der Waals surface area (Å²) in [6.45, 7) is 4.18. The van der Waals surface area contributed by atoms with Crippen LogP contribution in [0.4, 0.5) is 13.2 Å². The van der Waals surface area contributed by atoms with E-state index >= 15 is 0 Å². The molecule has 0 fully saturated rings. The van der Waals surface area contributed by atoms with E-state index in [1.54, 1.807) is 31.3 Å². The molecule has 2 aromatic carbocycles. The summed E-state index contributed by atoms with van der Waals surface area (Å²) in [6, 6.07) is 10.8. The quantitative estimate of drug-likeness (QED) is 0.493. The highest BCUT2D eigenvalue weighted by atomic mass is 19.4. The SMILES string of the molecule is CCCCN(C(=O)c1cccc(C(F)(F)F)c1)C(CC)c1nc2ccccc2c(=O)n1C. The molecule has 0 radical (unpaired) electrons. The van der Waals surface area contributed by atoms with E-state index in [4.69, 9.17) is 0 Å². The normalized spacial score (nSPS) is 12.7. The van der Waals surface area contributed by atoms with Crippen molar-refractivity contribution in [3.63, 3.8) is 0 Å². The lowest BCUT2D eigenvalue weighted by atomic mass is 10.1. The van der Waals surface area contributed by atoms with Gasteiger partial charge in [0.05, 0.1) is 22.5 Å². The molecular formula is C24H26F3N3O2. The second-order valence-electron chi connectivity index (χ2n) is 7.71. The Kier molecular flexibility index (Phi) is 7.01. The van der Waals surface area contributed by atoms with Gasteiger partial charge in [-0.3, -0.25) is 14.2 Å². The number of hydrogen-bond acceptors (Lipinski definition) is 3. The Morgan fingerprint density at radius 2 is 1.84 bits per heavy atom. The van der Waals surface area contributed by atoms with Gasteiger partial charge in [-0.25, -0.2) is 4.98 Å². The van der Waals surface area contributed by atoms with Gasteiger partial charge in [0.1, 0.15) is 5.82 Å². The molecule has 0 N–H and O–H groups in total. The van der Waals surface area contributed by atoms with Crippen LogP contribution >= 0.6 is 0 Å². The molecule has 1 aromatic heterocycles. The molecule has 32 heavy (non-hydrogen) atoms. The van der Waals surface area contributed by atoms with E-state index < -0.39 is 23.7 Å². The predicted octanol–water partition coefficient (Wildman–Crippen LogP) is 5.35. The molecular weight excluding hydrogens is 419 g/mol. The highest BCUT2D eigenvalue weighted by molar-refractivity contribution is 5.94. The fraction of sp³-hybridized carbons (Fsp3) is 0.375. The van der Waals surface area contributed by atoms with Gasteiger partial charge in [0.25, 0.3) is 11.5 Å². The van der Waals surface area contributed by atoms with Crippen LogP contribution in [-0.4, -0.2) is 26.9 Å². The van der Waals surface area contributed by atoms with Crippen molar-refractivity contribution in [3.05, 3.63) is 75.8 Å². The third-order valence-electron chi connectivity index (χ3n) is 5.53. The minimum atomic E-state index is -4.54. The second kappa shape index (κ2) is 9.54. The number of halogens is 3. The van der Waals surface area contributed by atoms with E-state index in [-0.39, 0.29) is 11.1 Å². The minimum Gasteiger partial charge on any atom is -0.328 e. The zero-order chi connectivity index (χ0) is 23.5. The molecule has 0 bridgehead atoms. The molecule has 1 heterocycles. The monoisotopic (exact) mass is 445 g/mol. The number of hydrogen-bond donors (Lipinski definition) is 0.